The molecule has 4 nitrogen and oxygen atoms in total. The van der Waals surface area contributed by atoms with Crippen LogP contribution in [0.2, 0.25) is 0 Å². The summed E-state index contributed by atoms with van der Waals surface area (Å²) in [5, 5.41) is 9.09. The minimum atomic E-state index is -3.39. The van der Waals surface area contributed by atoms with Crippen molar-refractivity contribution in [3.63, 3.8) is 0 Å². The van der Waals surface area contributed by atoms with Gasteiger partial charge >= 0.3 is 0 Å². The molecule has 6 heteroatoms. The number of halogens is 1. The molecule has 0 saturated heterocycles. The number of rotatable bonds is 6. The van der Waals surface area contributed by atoms with Gasteiger partial charge in [-0.2, -0.15) is 13.7 Å². The second kappa shape index (κ2) is 6.88. The highest BCUT2D eigenvalue weighted by molar-refractivity contribution is 9.10. The van der Waals surface area contributed by atoms with Crippen LogP contribution in [0.4, 0.5) is 0 Å². The van der Waals surface area contributed by atoms with Crippen LogP contribution < -0.4 is 0 Å². The molecule has 1 aromatic carbocycles. The summed E-state index contributed by atoms with van der Waals surface area (Å²) in [5.74, 6) is -0.235. The lowest BCUT2D eigenvalue weighted by atomic mass is 9.96. The highest BCUT2D eigenvalue weighted by atomic mass is 79.9. The molecule has 18 heavy (non-hydrogen) atoms. The van der Waals surface area contributed by atoms with E-state index in [-0.39, 0.29) is 12.5 Å². The van der Waals surface area contributed by atoms with Crippen molar-refractivity contribution in [2.75, 3.05) is 12.9 Å². The molecule has 1 rings (SSSR count). The third-order valence-electron chi connectivity index (χ3n) is 2.36. The summed E-state index contributed by atoms with van der Waals surface area (Å²) in [6.45, 7) is 0.119. The molecule has 0 aliphatic heterocycles. The summed E-state index contributed by atoms with van der Waals surface area (Å²) in [6, 6.07) is 9.75. The van der Waals surface area contributed by atoms with Gasteiger partial charge < -0.3 is 0 Å². The van der Waals surface area contributed by atoms with Crippen LogP contribution in [0, 0.1) is 11.3 Å². The SMILES string of the molecule is CS(=O)(=O)OCCCC(C#N)c1ccc(Br)cc1. The largest absolute Gasteiger partial charge is 0.270 e. The number of hydrogen-bond donors (Lipinski definition) is 0. The molecule has 1 aromatic rings. The quantitative estimate of drug-likeness (QED) is 0.593. The molecule has 0 radical (unpaired) electrons. The fraction of sp³-hybridized carbons (Fsp3) is 0.417. The van der Waals surface area contributed by atoms with Crippen LogP contribution >= 0.6 is 15.9 Å². The Morgan fingerprint density at radius 2 is 2.00 bits per heavy atom. The van der Waals surface area contributed by atoms with Gasteiger partial charge in [0.05, 0.1) is 24.8 Å². The van der Waals surface area contributed by atoms with Gasteiger partial charge in [0, 0.05) is 4.47 Å². The molecule has 98 valence electrons. The summed E-state index contributed by atoms with van der Waals surface area (Å²) >= 11 is 3.33. The second-order valence-corrected chi connectivity index (χ2v) is 6.46. The van der Waals surface area contributed by atoms with E-state index in [0.29, 0.717) is 12.8 Å². The first kappa shape index (κ1) is 15.2. The summed E-state index contributed by atoms with van der Waals surface area (Å²) in [6.07, 6.45) is 2.12. The average molecular weight is 332 g/mol. The van der Waals surface area contributed by atoms with Gasteiger partial charge in [0.1, 0.15) is 0 Å². The molecule has 0 N–H and O–H groups in total. The van der Waals surface area contributed by atoms with Crippen LogP contribution in [0.3, 0.4) is 0 Å². The van der Waals surface area contributed by atoms with E-state index in [9.17, 15) is 8.42 Å². The summed E-state index contributed by atoms with van der Waals surface area (Å²) < 4.78 is 27.1. The lowest BCUT2D eigenvalue weighted by Crippen LogP contribution is -2.05. The van der Waals surface area contributed by atoms with Crippen molar-refractivity contribution in [1.82, 2.24) is 0 Å². The van der Waals surface area contributed by atoms with Gasteiger partial charge in [-0.3, -0.25) is 4.18 Å². The summed E-state index contributed by atoms with van der Waals surface area (Å²) in [7, 11) is -3.39. The molecule has 0 spiro atoms. The molecular weight excluding hydrogens is 318 g/mol. The van der Waals surface area contributed by atoms with Gasteiger partial charge in [-0.05, 0) is 30.5 Å². The maximum atomic E-state index is 10.8. The fourth-order valence-corrected chi connectivity index (χ4v) is 2.18. The zero-order chi connectivity index (χ0) is 13.6. The Morgan fingerprint density at radius 1 is 1.39 bits per heavy atom. The predicted octanol–water partition coefficient (Wildman–Crippen LogP) is 2.81. The number of nitriles is 1. The average Bonchev–Trinajstić information content (AvgIpc) is 2.29. The van der Waals surface area contributed by atoms with Crippen LogP contribution in [0.5, 0.6) is 0 Å². The Morgan fingerprint density at radius 3 is 2.50 bits per heavy atom. The molecule has 0 aromatic heterocycles. The smallest absolute Gasteiger partial charge is 0.264 e. The molecule has 0 saturated carbocycles. The van der Waals surface area contributed by atoms with Crippen LogP contribution in [0.25, 0.3) is 0 Å². The normalized spacial score (nSPS) is 12.9. The summed E-state index contributed by atoms with van der Waals surface area (Å²) in [5.41, 5.74) is 0.931. The van der Waals surface area contributed by atoms with Crippen LogP contribution in [0.1, 0.15) is 24.3 Å². The van der Waals surface area contributed by atoms with Crippen molar-refractivity contribution in [2.45, 2.75) is 18.8 Å². The fourth-order valence-electron chi connectivity index (χ4n) is 1.50. The maximum Gasteiger partial charge on any atom is 0.264 e. The Kier molecular flexibility index (Phi) is 5.79. The zero-order valence-electron chi connectivity index (χ0n) is 9.97. The maximum absolute atomic E-state index is 10.8. The molecule has 0 heterocycles. The second-order valence-electron chi connectivity index (χ2n) is 3.90. The first-order valence-electron chi connectivity index (χ1n) is 5.42. The van der Waals surface area contributed by atoms with Crippen molar-refractivity contribution < 1.29 is 12.6 Å². The van der Waals surface area contributed by atoms with E-state index in [4.69, 9.17) is 5.26 Å². The van der Waals surface area contributed by atoms with Crippen LogP contribution in [0.15, 0.2) is 28.7 Å². The van der Waals surface area contributed by atoms with Gasteiger partial charge in [0.2, 0.25) is 0 Å². The van der Waals surface area contributed by atoms with E-state index in [1.165, 1.54) is 0 Å². The Hall–Kier alpha value is -0.900. The van der Waals surface area contributed by atoms with E-state index < -0.39 is 10.1 Å². The van der Waals surface area contributed by atoms with E-state index >= 15 is 0 Å². The molecule has 0 bridgehead atoms. The molecule has 0 fully saturated rings. The Bertz CT molecular complexity index is 519. The van der Waals surface area contributed by atoms with Crippen molar-refractivity contribution in [3.8, 4) is 6.07 Å². The Labute approximate surface area is 116 Å². The molecule has 0 amide bonds. The summed E-state index contributed by atoms with van der Waals surface area (Å²) in [4.78, 5) is 0. The minimum Gasteiger partial charge on any atom is -0.270 e. The lowest BCUT2D eigenvalue weighted by Gasteiger charge is -2.09. The van der Waals surface area contributed by atoms with Crippen LogP contribution in [-0.4, -0.2) is 21.3 Å². The van der Waals surface area contributed by atoms with E-state index in [1.54, 1.807) is 0 Å². The number of nitrogens with zero attached hydrogens (tertiary/aromatic N) is 1. The van der Waals surface area contributed by atoms with Gasteiger partial charge in [-0.25, -0.2) is 0 Å². The van der Waals surface area contributed by atoms with Crippen molar-refractivity contribution in [3.05, 3.63) is 34.3 Å². The predicted molar refractivity (Wildman–Crippen MR) is 72.5 cm³/mol. The number of benzene rings is 1. The lowest BCUT2D eigenvalue weighted by molar-refractivity contribution is 0.310. The van der Waals surface area contributed by atoms with E-state index in [1.807, 2.05) is 24.3 Å². The van der Waals surface area contributed by atoms with Crippen molar-refractivity contribution >= 4 is 26.0 Å². The van der Waals surface area contributed by atoms with Gasteiger partial charge in [-0.15, -0.1) is 0 Å². The Balaban J connectivity index is 2.49. The molecular formula is C12H14BrNO3S. The first-order chi connectivity index (χ1) is 8.42. The standard InChI is InChI=1S/C12H14BrNO3S/c1-18(15,16)17-8-2-3-11(9-14)10-4-6-12(13)7-5-10/h4-7,11H,2-3,8H2,1H3. The number of hydrogen-bond acceptors (Lipinski definition) is 4. The first-order valence-corrected chi connectivity index (χ1v) is 8.03. The third kappa shape index (κ3) is 5.63. The van der Waals surface area contributed by atoms with Crippen LogP contribution in [-0.2, 0) is 14.3 Å². The minimum absolute atomic E-state index is 0.119. The van der Waals surface area contributed by atoms with Gasteiger partial charge in [-0.1, -0.05) is 28.1 Å². The highest BCUT2D eigenvalue weighted by Crippen LogP contribution is 2.22. The zero-order valence-corrected chi connectivity index (χ0v) is 12.4. The molecule has 1 atom stereocenters. The topological polar surface area (TPSA) is 67.2 Å². The van der Waals surface area contributed by atoms with E-state index in [0.717, 1.165) is 16.3 Å². The van der Waals surface area contributed by atoms with E-state index in [2.05, 4.69) is 26.2 Å². The van der Waals surface area contributed by atoms with Gasteiger partial charge in [0.25, 0.3) is 10.1 Å². The monoisotopic (exact) mass is 331 g/mol. The third-order valence-corrected chi connectivity index (χ3v) is 3.49. The van der Waals surface area contributed by atoms with Crippen molar-refractivity contribution in [1.29, 1.82) is 5.26 Å². The van der Waals surface area contributed by atoms with Gasteiger partial charge in [0.15, 0.2) is 0 Å². The molecule has 0 aliphatic carbocycles. The van der Waals surface area contributed by atoms with Crippen molar-refractivity contribution in [2.24, 2.45) is 0 Å². The molecule has 0 aliphatic rings. The highest BCUT2D eigenvalue weighted by Gasteiger charge is 2.11. The molecule has 1 unspecified atom stereocenters.